The highest BCUT2D eigenvalue weighted by Crippen LogP contribution is 2.34. The number of nitrogens with zero attached hydrogens (tertiary/aromatic N) is 3. The quantitative estimate of drug-likeness (QED) is 0.879. The van der Waals surface area contributed by atoms with Gasteiger partial charge in [0.05, 0.1) is 11.6 Å². The molecule has 1 aliphatic carbocycles. The Morgan fingerprint density at radius 2 is 2.22 bits per heavy atom. The van der Waals surface area contributed by atoms with E-state index in [-0.39, 0.29) is 0 Å². The van der Waals surface area contributed by atoms with Gasteiger partial charge in [-0.2, -0.15) is 5.10 Å². The second-order valence-corrected chi connectivity index (χ2v) is 5.37. The molecule has 1 aromatic heterocycles. The van der Waals surface area contributed by atoms with Crippen LogP contribution in [0.15, 0.2) is 23.3 Å². The van der Waals surface area contributed by atoms with Crippen LogP contribution in [0.3, 0.4) is 0 Å². The lowest BCUT2D eigenvalue weighted by molar-refractivity contribution is 0.0521. The highest BCUT2D eigenvalue weighted by atomic mass is 16.3. The third-order valence-electron chi connectivity index (χ3n) is 3.96. The second kappa shape index (κ2) is 4.69. The standard InChI is InChI=1S/C14H19N3O/c1-10-3-2-4-14(16-10)12-7-15-17(8-12)13-5-11(6-13)9-18/h2-4,7,11-13,18H,5-6,8-9H2,1H3. The summed E-state index contributed by atoms with van der Waals surface area (Å²) >= 11 is 0. The Morgan fingerprint density at radius 3 is 2.94 bits per heavy atom. The van der Waals surface area contributed by atoms with E-state index in [4.69, 9.17) is 5.11 Å². The fourth-order valence-electron chi connectivity index (χ4n) is 2.74. The third-order valence-corrected chi connectivity index (χ3v) is 3.96. The van der Waals surface area contributed by atoms with Gasteiger partial charge >= 0.3 is 0 Å². The number of pyridine rings is 1. The lowest BCUT2D eigenvalue weighted by Gasteiger charge is -2.39. The Kier molecular flexibility index (Phi) is 3.04. The summed E-state index contributed by atoms with van der Waals surface area (Å²) in [5, 5.41) is 15.7. The van der Waals surface area contributed by atoms with Gasteiger partial charge in [-0.1, -0.05) is 6.07 Å². The van der Waals surface area contributed by atoms with Crippen LogP contribution >= 0.6 is 0 Å². The van der Waals surface area contributed by atoms with Crippen molar-refractivity contribution in [1.29, 1.82) is 0 Å². The van der Waals surface area contributed by atoms with E-state index in [1.54, 1.807) is 0 Å². The van der Waals surface area contributed by atoms with E-state index in [0.717, 1.165) is 30.8 Å². The van der Waals surface area contributed by atoms with Crippen LogP contribution in [0.4, 0.5) is 0 Å². The first kappa shape index (κ1) is 11.7. The molecule has 96 valence electrons. The number of aromatic nitrogens is 1. The summed E-state index contributed by atoms with van der Waals surface area (Å²) in [5.74, 6) is 0.805. The first-order valence-corrected chi connectivity index (χ1v) is 6.61. The highest BCUT2D eigenvalue weighted by Gasteiger charge is 2.35. The maximum atomic E-state index is 9.04. The van der Waals surface area contributed by atoms with Gasteiger partial charge in [0.25, 0.3) is 0 Å². The molecular weight excluding hydrogens is 226 g/mol. The summed E-state index contributed by atoms with van der Waals surface area (Å²) in [7, 11) is 0. The summed E-state index contributed by atoms with van der Waals surface area (Å²) in [5.41, 5.74) is 2.17. The van der Waals surface area contributed by atoms with Crippen LogP contribution in [0.25, 0.3) is 0 Å². The molecule has 0 spiro atoms. The summed E-state index contributed by atoms with van der Waals surface area (Å²) in [6, 6.07) is 6.67. The van der Waals surface area contributed by atoms with Crippen LogP contribution in [-0.4, -0.2) is 40.5 Å². The van der Waals surface area contributed by atoms with Crippen LogP contribution in [0.1, 0.15) is 30.1 Å². The number of aryl methyl sites for hydroxylation is 1. The number of aliphatic hydroxyl groups excluding tert-OH is 1. The second-order valence-electron chi connectivity index (χ2n) is 5.37. The summed E-state index contributed by atoms with van der Waals surface area (Å²) in [4.78, 5) is 4.57. The zero-order valence-corrected chi connectivity index (χ0v) is 10.7. The Balaban J connectivity index is 1.61. The molecule has 4 heteroatoms. The van der Waals surface area contributed by atoms with Crippen molar-refractivity contribution in [3.8, 4) is 0 Å². The fourth-order valence-corrected chi connectivity index (χ4v) is 2.74. The monoisotopic (exact) mass is 245 g/mol. The van der Waals surface area contributed by atoms with E-state index >= 15 is 0 Å². The van der Waals surface area contributed by atoms with Gasteiger partial charge in [-0.15, -0.1) is 0 Å². The summed E-state index contributed by atoms with van der Waals surface area (Å²) < 4.78 is 0. The lowest BCUT2D eigenvalue weighted by Crippen LogP contribution is -2.42. The molecule has 0 saturated heterocycles. The Morgan fingerprint density at radius 1 is 1.39 bits per heavy atom. The van der Waals surface area contributed by atoms with Crippen molar-refractivity contribution in [2.75, 3.05) is 13.2 Å². The minimum absolute atomic E-state index is 0.316. The minimum atomic E-state index is 0.316. The number of rotatable bonds is 3. The molecule has 4 nitrogen and oxygen atoms in total. The highest BCUT2D eigenvalue weighted by molar-refractivity contribution is 5.69. The molecule has 1 aliphatic heterocycles. The van der Waals surface area contributed by atoms with Crippen LogP contribution in [-0.2, 0) is 0 Å². The number of hydrogen-bond acceptors (Lipinski definition) is 4. The van der Waals surface area contributed by atoms with Crippen LogP contribution in [0, 0.1) is 12.8 Å². The van der Waals surface area contributed by atoms with Crippen molar-refractivity contribution < 1.29 is 5.11 Å². The molecule has 1 atom stereocenters. The van der Waals surface area contributed by atoms with Gasteiger partial charge in [-0.05, 0) is 37.8 Å². The van der Waals surface area contributed by atoms with Gasteiger partial charge in [0.2, 0.25) is 0 Å². The van der Waals surface area contributed by atoms with Gasteiger partial charge in [0.15, 0.2) is 0 Å². The molecule has 0 radical (unpaired) electrons. The molecule has 18 heavy (non-hydrogen) atoms. The maximum absolute atomic E-state index is 9.04. The van der Waals surface area contributed by atoms with Gasteiger partial charge in [-0.25, -0.2) is 0 Å². The largest absolute Gasteiger partial charge is 0.396 e. The van der Waals surface area contributed by atoms with Gasteiger partial charge in [0, 0.05) is 31.1 Å². The number of hydrogen-bond donors (Lipinski definition) is 1. The predicted molar refractivity (Wildman–Crippen MR) is 70.5 cm³/mol. The van der Waals surface area contributed by atoms with Crippen molar-refractivity contribution in [1.82, 2.24) is 9.99 Å². The van der Waals surface area contributed by atoms with Gasteiger partial charge in [0.1, 0.15) is 0 Å². The van der Waals surface area contributed by atoms with Crippen LogP contribution in [0.2, 0.25) is 0 Å². The topological polar surface area (TPSA) is 48.7 Å². The van der Waals surface area contributed by atoms with Crippen molar-refractivity contribution in [3.05, 3.63) is 29.6 Å². The van der Waals surface area contributed by atoms with E-state index in [1.165, 1.54) is 0 Å². The molecular formula is C14H19N3O. The zero-order chi connectivity index (χ0) is 12.5. The molecule has 1 N–H and O–H groups in total. The first-order chi connectivity index (χ1) is 8.76. The molecule has 0 bridgehead atoms. The normalized spacial score (nSPS) is 30.6. The molecule has 0 aromatic carbocycles. The maximum Gasteiger partial charge on any atom is 0.0576 e. The Bertz CT molecular complexity index is 454. The zero-order valence-electron chi connectivity index (χ0n) is 10.7. The molecule has 1 aromatic rings. The van der Waals surface area contributed by atoms with Crippen LogP contribution < -0.4 is 0 Å². The molecule has 2 aliphatic rings. The summed E-state index contributed by atoms with van der Waals surface area (Å²) in [6.07, 6.45) is 4.15. The molecule has 1 fully saturated rings. The smallest absolute Gasteiger partial charge is 0.0576 e. The lowest BCUT2D eigenvalue weighted by atomic mass is 9.80. The molecule has 2 heterocycles. The average Bonchev–Trinajstić information content (AvgIpc) is 2.77. The van der Waals surface area contributed by atoms with Gasteiger partial charge < -0.3 is 5.11 Å². The van der Waals surface area contributed by atoms with E-state index in [1.807, 2.05) is 19.2 Å². The molecule has 0 amide bonds. The SMILES string of the molecule is Cc1cccc(C2C=NN(C3CC(CO)C3)C2)n1. The fraction of sp³-hybridized carbons (Fsp3) is 0.571. The third kappa shape index (κ3) is 2.12. The van der Waals surface area contributed by atoms with E-state index in [0.29, 0.717) is 24.5 Å². The Labute approximate surface area is 107 Å². The molecule has 1 saturated carbocycles. The van der Waals surface area contributed by atoms with Crippen molar-refractivity contribution >= 4 is 6.21 Å². The van der Waals surface area contributed by atoms with Crippen molar-refractivity contribution in [2.45, 2.75) is 31.7 Å². The predicted octanol–water partition coefficient (Wildman–Crippen LogP) is 1.55. The average molecular weight is 245 g/mol. The Hall–Kier alpha value is -1.42. The number of aliphatic hydroxyl groups is 1. The minimum Gasteiger partial charge on any atom is -0.396 e. The van der Waals surface area contributed by atoms with Gasteiger partial charge in [-0.3, -0.25) is 9.99 Å². The molecule has 1 unspecified atom stereocenters. The van der Waals surface area contributed by atoms with Crippen molar-refractivity contribution in [3.63, 3.8) is 0 Å². The van der Waals surface area contributed by atoms with E-state index in [2.05, 4.69) is 27.2 Å². The first-order valence-electron chi connectivity index (χ1n) is 6.61. The van der Waals surface area contributed by atoms with E-state index < -0.39 is 0 Å². The number of hydrazone groups is 1. The molecule has 3 rings (SSSR count). The summed E-state index contributed by atoms with van der Waals surface area (Å²) in [6.45, 7) is 3.27. The van der Waals surface area contributed by atoms with Crippen LogP contribution in [0.5, 0.6) is 0 Å². The van der Waals surface area contributed by atoms with E-state index in [9.17, 15) is 0 Å². The van der Waals surface area contributed by atoms with Crippen molar-refractivity contribution in [2.24, 2.45) is 11.0 Å².